The molecule has 42 heavy (non-hydrogen) atoms. The van der Waals surface area contributed by atoms with Crippen LogP contribution in [-0.2, 0) is 0 Å². The predicted molar refractivity (Wildman–Crippen MR) is 178 cm³/mol. The molecule has 0 aliphatic carbocycles. The Morgan fingerprint density at radius 2 is 0.643 bits per heavy atom. The van der Waals surface area contributed by atoms with Crippen LogP contribution in [0.15, 0.2) is 89.2 Å². The molecule has 0 spiro atoms. The van der Waals surface area contributed by atoms with E-state index in [1.165, 1.54) is 54.1 Å². The van der Waals surface area contributed by atoms with Gasteiger partial charge in [-0.1, -0.05) is 0 Å². The second-order valence-corrected chi connectivity index (χ2v) is 14.0. The van der Waals surface area contributed by atoms with Crippen molar-refractivity contribution in [1.82, 2.24) is 8.80 Å². The van der Waals surface area contributed by atoms with E-state index in [2.05, 4.69) is 24.3 Å². The van der Waals surface area contributed by atoms with Crippen molar-refractivity contribution in [2.45, 2.75) is 0 Å². The fraction of sp³-hybridized carbons (Fsp3) is 0. The van der Waals surface area contributed by atoms with Crippen LogP contribution in [0.4, 0.5) is 0 Å². The minimum atomic E-state index is -0.284. The molecule has 0 fully saturated rings. The van der Waals surface area contributed by atoms with Crippen LogP contribution in [-0.4, -0.2) is 8.80 Å². The molecule has 0 aliphatic heterocycles. The third-order valence-electron chi connectivity index (χ3n) is 8.41. The predicted octanol–water partition coefficient (Wildman–Crippen LogP) is 7.34. The number of hydrogen-bond acceptors (Lipinski definition) is 8. The largest absolute Gasteiger partial charge is 0.276 e. The van der Waals surface area contributed by atoms with Gasteiger partial charge in [0.25, 0.3) is 22.2 Å². The molecule has 10 heteroatoms. The van der Waals surface area contributed by atoms with Gasteiger partial charge in [-0.3, -0.25) is 19.2 Å². The number of nitrogens with zero attached hydrogens (tertiary/aromatic N) is 2. The number of fused-ring (bicyclic) bond motifs is 8. The van der Waals surface area contributed by atoms with Crippen molar-refractivity contribution < 1.29 is 0 Å². The topological polar surface area (TPSA) is 77.1 Å². The summed E-state index contributed by atoms with van der Waals surface area (Å²) in [6.07, 6.45) is 0. The zero-order chi connectivity index (χ0) is 28.0. The number of rotatable bonds is 1. The summed E-state index contributed by atoms with van der Waals surface area (Å²) in [5.41, 5.74) is 1.98. The first-order chi connectivity index (χ1) is 20.5. The lowest BCUT2D eigenvalue weighted by molar-refractivity contribution is 1.09. The summed E-state index contributed by atoms with van der Waals surface area (Å²) >= 11 is 5.38. The molecule has 0 aliphatic rings. The molecule has 0 amide bonds. The zero-order valence-electron chi connectivity index (χ0n) is 21.1. The van der Waals surface area contributed by atoms with Gasteiger partial charge in [-0.05, 0) is 81.2 Å². The number of hydrogen-bond donors (Lipinski definition) is 0. The first-order valence-electron chi connectivity index (χ1n) is 13.0. The van der Waals surface area contributed by atoms with Gasteiger partial charge in [0.1, 0.15) is 18.8 Å². The lowest BCUT2D eigenvalue weighted by atomic mass is 9.94. The molecular weight excluding hydrogens is 605 g/mol. The van der Waals surface area contributed by atoms with Crippen molar-refractivity contribution in [3.05, 3.63) is 111 Å². The molecule has 0 unspecified atom stereocenters. The van der Waals surface area contributed by atoms with Gasteiger partial charge in [-0.25, -0.2) is 8.80 Å². The minimum absolute atomic E-state index is 0.284. The standard InChI is InChI=1S/C32H12N2O4S4/c35-29-25-15(1-5-39-25)19-9-13(10-20-16-2-6-40-26(16)30(36)33(29)23(19)20)14-11-21-17-3-7-41-27(17)31(37)34-24(21)22(12-14)18-4-8-42-28(18)32(34)38/h1-12H. The van der Waals surface area contributed by atoms with E-state index in [4.69, 9.17) is 0 Å². The van der Waals surface area contributed by atoms with Gasteiger partial charge < -0.3 is 0 Å². The molecule has 10 aromatic rings. The maximum atomic E-state index is 13.5. The third-order valence-corrected chi connectivity index (χ3v) is 12.0. The number of aromatic nitrogens is 2. The quantitative estimate of drug-likeness (QED) is 0.193. The number of benzene rings is 2. The molecule has 0 atom stereocenters. The Morgan fingerprint density at radius 3 is 0.905 bits per heavy atom. The monoisotopic (exact) mass is 616 g/mol. The van der Waals surface area contributed by atoms with Crippen LogP contribution in [0, 0.1) is 0 Å². The summed E-state index contributed by atoms with van der Waals surface area (Å²) in [6, 6.07) is 16.0. The summed E-state index contributed by atoms with van der Waals surface area (Å²) in [4.78, 5) is 54.1. The van der Waals surface area contributed by atoms with E-state index in [0.29, 0.717) is 29.8 Å². The molecule has 0 saturated carbocycles. The van der Waals surface area contributed by atoms with Crippen LogP contribution >= 0.6 is 45.3 Å². The molecule has 0 saturated heterocycles. The summed E-state index contributed by atoms with van der Waals surface area (Å²) < 4.78 is 4.90. The maximum absolute atomic E-state index is 13.5. The van der Waals surface area contributed by atoms with E-state index >= 15 is 0 Å². The van der Waals surface area contributed by atoms with Gasteiger partial charge in [0.15, 0.2) is 0 Å². The van der Waals surface area contributed by atoms with Crippen LogP contribution in [0.3, 0.4) is 0 Å². The fourth-order valence-electron chi connectivity index (χ4n) is 6.65. The van der Waals surface area contributed by atoms with Crippen molar-refractivity contribution in [3.8, 4) is 11.1 Å². The summed E-state index contributed by atoms with van der Waals surface area (Å²) in [5.74, 6) is 0. The smallest absolute Gasteiger partial charge is 0.267 e. The summed E-state index contributed by atoms with van der Waals surface area (Å²) in [7, 11) is 0. The average molecular weight is 617 g/mol. The summed E-state index contributed by atoms with van der Waals surface area (Å²) in [6.45, 7) is 0. The molecule has 10 rings (SSSR count). The van der Waals surface area contributed by atoms with Crippen molar-refractivity contribution in [3.63, 3.8) is 0 Å². The molecule has 198 valence electrons. The Balaban J connectivity index is 1.46. The average Bonchev–Trinajstić information content (AvgIpc) is 3.82. The molecule has 2 aromatic carbocycles. The van der Waals surface area contributed by atoms with E-state index in [1.54, 1.807) is 0 Å². The van der Waals surface area contributed by atoms with Crippen LogP contribution in [0.1, 0.15) is 0 Å². The Hall–Kier alpha value is -4.48. The highest BCUT2D eigenvalue weighted by Crippen LogP contribution is 2.40. The van der Waals surface area contributed by atoms with E-state index < -0.39 is 0 Å². The van der Waals surface area contributed by atoms with Crippen molar-refractivity contribution in [2.24, 2.45) is 0 Å². The van der Waals surface area contributed by atoms with Crippen molar-refractivity contribution in [2.75, 3.05) is 0 Å². The van der Waals surface area contributed by atoms with E-state index in [0.717, 1.165) is 54.2 Å². The van der Waals surface area contributed by atoms with E-state index in [-0.39, 0.29) is 22.2 Å². The second kappa shape index (κ2) is 7.67. The van der Waals surface area contributed by atoms with Gasteiger partial charge in [-0.15, -0.1) is 45.3 Å². The van der Waals surface area contributed by atoms with Gasteiger partial charge in [0.05, 0.1) is 11.0 Å². The lowest BCUT2D eigenvalue weighted by Crippen LogP contribution is -2.26. The van der Waals surface area contributed by atoms with Crippen LogP contribution in [0.5, 0.6) is 0 Å². The molecule has 0 bridgehead atoms. The molecule has 0 N–H and O–H groups in total. The van der Waals surface area contributed by atoms with E-state index in [9.17, 15) is 19.2 Å². The van der Waals surface area contributed by atoms with Gasteiger partial charge in [0.2, 0.25) is 0 Å². The Kier molecular flexibility index (Phi) is 4.22. The van der Waals surface area contributed by atoms with Crippen molar-refractivity contribution in [1.29, 1.82) is 0 Å². The normalized spacial score (nSPS) is 12.7. The van der Waals surface area contributed by atoms with Gasteiger partial charge in [-0.2, -0.15) is 0 Å². The highest BCUT2D eigenvalue weighted by molar-refractivity contribution is 7.18. The molecule has 0 radical (unpaired) electrons. The van der Waals surface area contributed by atoms with Crippen LogP contribution < -0.4 is 22.2 Å². The number of thiophene rings is 4. The molecule has 6 nitrogen and oxygen atoms in total. The van der Waals surface area contributed by atoms with Crippen LogP contribution in [0.25, 0.3) is 84.0 Å². The highest BCUT2D eigenvalue weighted by Gasteiger charge is 2.22. The first-order valence-corrected chi connectivity index (χ1v) is 16.5. The number of pyridine rings is 4. The van der Waals surface area contributed by atoms with E-state index in [1.807, 2.05) is 45.8 Å². The fourth-order valence-corrected chi connectivity index (χ4v) is 10.00. The lowest BCUT2D eigenvalue weighted by Gasteiger charge is -2.15. The summed E-state index contributed by atoms with van der Waals surface area (Å²) in [5, 5.41) is 14.2. The van der Waals surface area contributed by atoms with Gasteiger partial charge in [0, 0.05) is 43.1 Å². The second-order valence-electron chi connectivity index (χ2n) is 10.4. The molecule has 8 aromatic heterocycles. The Bertz CT molecular complexity index is 2660. The zero-order valence-corrected chi connectivity index (χ0v) is 24.4. The first kappa shape index (κ1) is 23.1. The van der Waals surface area contributed by atoms with Crippen molar-refractivity contribution >= 4 is 118 Å². The minimum Gasteiger partial charge on any atom is -0.267 e. The molecule has 8 heterocycles. The van der Waals surface area contributed by atoms with Gasteiger partial charge >= 0.3 is 0 Å². The maximum Gasteiger partial charge on any atom is 0.276 e. The molecular formula is C32H12N2O4S4. The SMILES string of the molecule is O=c1c2sccc2c2cc(-c3cc4c5ccsc5c(=O)n5c(=O)c6sccc6c(c3)c45)cc3c4ccsc4c(=O)n1c23. The third kappa shape index (κ3) is 2.60. The van der Waals surface area contributed by atoms with Crippen LogP contribution in [0.2, 0.25) is 0 Å². The Labute approximate surface area is 248 Å². The Morgan fingerprint density at radius 1 is 0.381 bits per heavy atom. The highest BCUT2D eigenvalue weighted by atomic mass is 32.1.